The van der Waals surface area contributed by atoms with E-state index in [9.17, 15) is 0 Å². The molecule has 0 spiro atoms. The summed E-state index contributed by atoms with van der Waals surface area (Å²) in [6, 6.07) is 13.9. The predicted octanol–water partition coefficient (Wildman–Crippen LogP) is 6.49. The standard InChI is InChI=1S/2C11H7.2CH3.2ClH.H2Si.Zr/c2*1-2-8-4-6-10-7-5-9(3-1)11(8)10;;;;;;/h2*1-7H;2*1H3;2*1H;1H2;. The topological polar surface area (TPSA) is 0 Å². The average molecular weight is 503 g/mol. The minimum atomic E-state index is -3.17. The number of benzene rings is 2. The van der Waals surface area contributed by atoms with Gasteiger partial charge in [0, 0.05) is 0 Å². The van der Waals surface area contributed by atoms with Gasteiger partial charge in [-0.05, 0) is 0 Å². The molecule has 0 N–H and O–H groups in total. The maximum atomic E-state index is 2.69. The first-order chi connectivity index (χ1) is 12.4. The molecule has 0 nitrogen and oxygen atoms in total. The quantitative estimate of drug-likeness (QED) is 0.412. The summed E-state index contributed by atoms with van der Waals surface area (Å²) in [7, 11) is 0. The van der Waals surface area contributed by atoms with Crippen molar-refractivity contribution in [3.05, 3.63) is 94.1 Å². The Bertz CT molecular complexity index is 1130. The van der Waals surface area contributed by atoms with E-state index in [1.807, 2.05) is 0 Å². The van der Waals surface area contributed by atoms with Gasteiger partial charge in [0.25, 0.3) is 0 Å². The predicted molar refractivity (Wildman–Crippen MR) is 127 cm³/mol. The molecular formula is C24H24Cl2SiZr. The first-order valence-electron chi connectivity index (χ1n) is 9.56. The van der Waals surface area contributed by atoms with Crippen LogP contribution in [0.15, 0.2) is 60.7 Å². The second kappa shape index (κ2) is 6.29. The van der Waals surface area contributed by atoms with Crippen LogP contribution in [0.5, 0.6) is 0 Å². The maximum absolute atomic E-state index is 3.17. The Hall–Kier alpha value is -0.920. The van der Waals surface area contributed by atoms with Crippen molar-refractivity contribution in [1.29, 1.82) is 0 Å². The van der Waals surface area contributed by atoms with Gasteiger partial charge in [-0.1, -0.05) is 0 Å². The first kappa shape index (κ1) is 20.4. The molecule has 0 saturated carbocycles. The SMILES string of the molecule is Cl.Cl.[CH3][Zr]([CH3])(=[SiH2])([CH]1C=C2C=Cc3cccc1c32)[CH]1C=C2C=Cc3cccc1c32. The zero-order valence-electron chi connectivity index (χ0n) is 16.1. The molecule has 0 amide bonds. The van der Waals surface area contributed by atoms with E-state index in [0.717, 1.165) is 0 Å². The van der Waals surface area contributed by atoms with Crippen LogP contribution in [0.1, 0.15) is 40.6 Å². The monoisotopic (exact) mass is 500 g/mol. The van der Waals surface area contributed by atoms with Gasteiger partial charge in [0.2, 0.25) is 0 Å². The van der Waals surface area contributed by atoms with Crippen molar-refractivity contribution in [1.82, 2.24) is 0 Å². The molecule has 0 saturated heterocycles. The van der Waals surface area contributed by atoms with Crippen LogP contribution in [0.4, 0.5) is 0 Å². The molecule has 2 aromatic rings. The Morgan fingerprint density at radius 1 is 0.679 bits per heavy atom. The van der Waals surface area contributed by atoms with E-state index in [1.54, 1.807) is 11.1 Å². The molecule has 0 aromatic heterocycles. The summed E-state index contributed by atoms with van der Waals surface area (Å²) >= 11 is -3.17. The number of hydrogen-bond acceptors (Lipinski definition) is 0. The molecule has 142 valence electrons. The summed E-state index contributed by atoms with van der Waals surface area (Å²) in [5.74, 6) is 0. The normalized spacial score (nSPS) is 22.2. The van der Waals surface area contributed by atoms with Crippen LogP contribution in [0.3, 0.4) is 0 Å². The molecule has 28 heavy (non-hydrogen) atoms. The second-order valence-corrected chi connectivity index (χ2v) is 40.1. The van der Waals surface area contributed by atoms with Gasteiger partial charge in [-0.2, -0.15) is 0 Å². The third-order valence-corrected chi connectivity index (χ3v) is 24.7. The van der Waals surface area contributed by atoms with E-state index in [1.165, 1.54) is 33.4 Å². The zero-order valence-corrected chi connectivity index (χ0v) is 21.6. The summed E-state index contributed by atoms with van der Waals surface area (Å²) in [4.78, 5) is 0. The van der Waals surface area contributed by atoms with Gasteiger partial charge in [0.05, 0.1) is 0 Å². The third-order valence-electron chi connectivity index (χ3n) is 7.13. The molecule has 2 atom stereocenters. The fourth-order valence-electron chi connectivity index (χ4n) is 5.74. The zero-order chi connectivity index (χ0) is 17.7. The Morgan fingerprint density at radius 2 is 1.11 bits per heavy atom. The van der Waals surface area contributed by atoms with Crippen molar-refractivity contribution < 1.29 is 17.4 Å². The molecule has 2 unspecified atom stereocenters. The number of rotatable bonds is 2. The summed E-state index contributed by atoms with van der Waals surface area (Å²) < 4.78 is 6.64. The second-order valence-electron chi connectivity index (χ2n) is 9.43. The van der Waals surface area contributed by atoms with Gasteiger partial charge in [0.1, 0.15) is 0 Å². The van der Waals surface area contributed by atoms with Gasteiger partial charge in [0.15, 0.2) is 0 Å². The molecule has 4 aliphatic rings. The molecular weight excluding hydrogens is 478 g/mol. The van der Waals surface area contributed by atoms with Crippen LogP contribution >= 0.6 is 24.8 Å². The van der Waals surface area contributed by atoms with Crippen molar-refractivity contribution in [2.24, 2.45) is 0 Å². The van der Waals surface area contributed by atoms with Gasteiger partial charge in [-0.15, -0.1) is 24.8 Å². The molecule has 0 radical (unpaired) electrons. The molecule has 0 aliphatic heterocycles. The van der Waals surface area contributed by atoms with Gasteiger partial charge in [-0.3, -0.25) is 0 Å². The fourth-order valence-corrected chi connectivity index (χ4v) is 20.5. The van der Waals surface area contributed by atoms with Crippen LogP contribution in [0.25, 0.3) is 23.3 Å². The van der Waals surface area contributed by atoms with Crippen LogP contribution in [0, 0.1) is 0 Å². The number of halogens is 2. The Balaban J connectivity index is 0.000000961. The Kier molecular flexibility index (Phi) is 4.57. The molecule has 0 heterocycles. The molecule has 4 aliphatic carbocycles. The van der Waals surface area contributed by atoms with Gasteiger partial charge in [-0.25, -0.2) is 0 Å². The molecule has 0 fully saturated rings. The van der Waals surface area contributed by atoms with E-state index in [4.69, 9.17) is 0 Å². The summed E-state index contributed by atoms with van der Waals surface area (Å²) in [5, 5.41) is 0. The van der Waals surface area contributed by atoms with Crippen LogP contribution in [-0.4, -0.2) is 6.88 Å². The fraction of sp³-hybridized carbons (Fsp3) is 0.167. The van der Waals surface area contributed by atoms with Crippen molar-refractivity contribution in [2.75, 3.05) is 0 Å². The van der Waals surface area contributed by atoms with Crippen molar-refractivity contribution in [3.8, 4) is 0 Å². The van der Waals surface area contributed by atoms with E-state index in [-0.39, 0.29) is 24.8 Å². The van der Waals surface area contributed by atoms with Crippen molar-refractivity contribution in [2.45, 2.75) is 16.5 Å². The van der Waals surface area contributed by atoms with E-state index < -0.39 is 17.4 Å². The first-order valence-corrected chi connectivity index (χ1v) is 23.2. The molecule has 2 aromatic carbocycles. The summed E-state index contributed by atoms with van der Waals surface area (Å²) in [6.45, 7) is 2.41. The molecule has 0 bridgehead atoms. The Morgan fingerprint density at radius 3 is 1.54 bits per heavy atom. The third kappa shape index (κ3) is 2.45. The molecule has 4 heteroatoms. The minimum absolute atomic E-state index is 0. The number of hydrogen-bond donors (Lipinski definition) is 0. The molecule has 6 rings (SSSR count). The average Bonchev–Trinajstić information content (AvgIpc) is 3.36. The van der Waals surface area contributed by atoms with Crippen LogP contribution in [-0.2, 0) is 17.4 Å². The number of allylic oxidation sites excluding steroid dienone is 6. The van der Waals surface area contributed by atoms with Crippen LogP contribution in [0.2, 0.25) is 9.26 Å². The van der Waals surface area contributed by atoms with Crippen molar-refractivity contribution in [3.63, 3.8) is 0 Å². The van der Waals surface area contributed by atoms with Crippen LogP contribution < -0.4 is 0 Å². The van der Waals surface area contributed by atoms with Crippen molar-refractivity contribution >= 4 is 55.0 Å². The van der Waals surface area contributed by atoms with Gasteiger partial charge < -0.3 is 0 Å². The van der Waals surface area contributed by atoms with Gasteiger partial charge >= 0.3 is 158 Å². The Labute approximate surface area is 181 Å². The van der Waals surface area contributed by atoms with E-state index in [2.05, 4.69) is 89.0 Å². The summed E-state index contributed by atoms with van der Waals surface area (Å²) in [5.41, 5.74) is 12.0. The van der Waals surface area contributed by atoms with E-state index in [0.29, 0.717) is 7.25 Å². The van der Waals surface area contributed by atoms with E-state index >= 15 is 0 Å². The summed E-state index contributed by atoms with van der Waals surface area (Å²) in [6.07, 6.45) is 14.5.